The van der Waals surface area contributed by atoms with Crippen LogP contribution >= 0.6 is 11.5 Å². The molecule has 0 saturated heterocycles. The largest absolute Gasteiger partial charge is 0.382 e. The first-order chi connectivity index (χ1) is 9.79. The molecule has 0 aliphatic carbocycles. The Hall–Kier alpha value is -0.860. The molecule has 0 spiro atoms. The third kappa shape index (κ3) is 3.87. The van der Waals surface area contributed by atoms with Crippen molar-refractivity contribution in [2.45, 2.75) is 38.5 Å². The first kappa shape index (κ1) is 18.2. The maximum Gasteiger partial charge on any atom is 0.249 e. The molecule has 1 rings (SSSR count). The van der Waals surface area contributed by atoms with Crippen molar-refractivity contribution in [3.63, 3.8) is 0 Å². The molecule has 0 bridgehead atoms. The smallest absolute Gasteiger partial charge is 0.249 e. The summed E-state index contributed by atoms with van der Waals surface area (Å²) in [5, 5.41) is 0.649. The van der Waals surface area contributed by atoms with Crippen molar-refractivity contribution in [2.75, 3.05) is 37.8 Å². The lowest BCUT2D eigenvalue weighted by molar-refractivity contribution is 0.485. The Kier molecular flexibility index (Phi) is 6.42. The number of nitrogens with two attached hydrogens (primary N) is 1. The van der Waals surface area contributed by atoms with Gasteiger partial charge in [-0.2, -0.15) is 4.37 Å². The second kappa shape index (κ2) is 7.42. The SMILES string of the molecule is CCC(CC)CN(CC)c1snc(N)c1S(=O)(=O)N(C)C. The first-order valence-electron chi connectivity index (χ1n) is 7.22. The number of sulfonamides is 1. The van der Waals surface area contributed by atoms with E-state index in [4.69, 9.17) is 5.73 Å². The van der Waals surface area contributed by atoms with E-state index in [1.54, 1.807) is 0 Å². The number of aromatic nitrogens is 1. The minimum Gasteiger partial charge on any atom is -0.382 e. The van der Waals surface area contributed by atoms with Crippen LogP contribution < -0.4 is 10.6 Å². The molecule has 0 unspecified atom stereocenters. The van der Waals surface area contributed by atoms with E-state index in [0.29, 0.717) is 10.9 Å². The van der Waals surface area contributed by atoms with Crippen LogP contribution in [0.5, 0.6) is 0 Å². The van der Waals surface area contributed by atoms with Gasteiger partial charge < -0.3 is 10.6 Å². The van der Waals surface area contributed by atoms with Gasteiger partial charge in [0.05, 0.1) is 0 Å². The topological polar surface area (TPSA) is 79.5 Å². The molecule has 1 aromatic heterocycles. The van der Waals surface area contributed by atoms with E-state index in [1.807, 2.05) is 6.92 Å². The standard InChI is InChI=1S/C13H26N4O2S2/c1-6-10(7-2)9-17(8-3)13-11(12(14)15-20-13)21(18,19)16(4)5/h10H,6-9H2,1-5H3,(H2,14,15). The van der Waals surface area contributed by atoms with Crippen LogP contribution in [-0.2, 0) is 10.0 Å². The summed E-state index contributed by atoms with van der Waals surface area (Å²) in [6, 6.07) is 0. The molecular formula is C13H26N4O2S2. The third-order valence-electron chi connectivity index (χ3n) is 3.70. The van der Waals surface area contributed by atoms with Crippen molar-refractivity contribution in [2.24, 2.45) is 5.92 Å². The normalized spacial score (nSPS) is 12.3. The fraction of sp³-hybridized carbons (Fsp3) is 0.769. The molecule has 0 radical (unpaired) electrons. The number of hydrogen-bond donors (Lipinski definition) is 1. The minimum atomic E-state index is -3.58. The molecule has 0 amide bonds. The molecule has 0 aliphatic rings. The lowest BCUT2D eigenvalue weighted by Gasteiger charge is -2.27. The Balaban J connectivity index is 3.24. The molecule has 0 aliphatic heterocycles. The van der Waals surface area contributed by atoms with E-state index in [2.05, 4.69) is 23.1 Å². The molecule has 2 N–H and O–H groups in total. The van der Waals surface area contributed by atoms with Gasteiger partial charge in [0, 0.05) is 27.2 Å². The average molecular weight is 335 g/mol. The van der Waals surface area contributed by atoms with Crippen LogP contribution in [0.4, 0.5) is 10.8 Å². The first-order valence-corrected chi connectivity index (χ1v) is 9.43. The van der Waals surface area contributed by atoms with Crippen LogP contribution in [0.15, 0.2) is 4.90 Å². The van der Waals surface area contributed by atoms with Crippen molar-refractivity contribution in [3.8, 4) is 0 Å². The van der Waals surface area contributed by atoms with E-state index in [0.717, 1.165) is 37.5 Å². The number of nitrogen functional groups attached to an aromatic ring is 1. The fourth-order valence-electron chi connectivity index (χ4n) is 2.13. The van der Waals surface area contributed by atoms with Gasteiger partial charge >= 0.3 is 0 Å². The summed E-state index contributed by atoms with van der Waals surface area (Å²) in [6.45, 7) is 7.88. The molecule has 0 saturated carbocycles. The van der Waals surface area contributed by atoms with Gasteiger partial charge in [-0.05, 0) is 24.4 Å². The van der Waals surface area contributed by atoms with Crippen molar-refractivity contribution in [1.82, 2.24) is 8.68 Å². The number of rotatable bonds is 8. The Labute approximate surface area is 132 Å². The van der Waals surface area contributed by atoms with Crippen LogP contribution in [0.3, 0.4) is 0 Å². The monoisotopic (exact) mass is 334 g/mol. The van der Waals surface area contributed by atoms with E-state index in [1.165, 1.54) is 18.4 Å². The van der Waals surface area contributed by atoms with E-state index in [9.17, 15) is 8.42 Å². The lowest BCUT2D eigenvalue weighted by atomic mass is 10.0. The van der Waals surface area contributed by atoms with Gasteiger partial charge in [0.1, 0.15) is 5.00 Å². The van der Waals surface area contributed by atoms with Crippen molar-refractivity contribution in [1.29, 1.82) is 0 Å². The summed E-state index contributed by atoms with van der Waals surface area (Å²) in [7, 11) is -0.570. The van der Waals surface area contributed by atoms with Crippen LogP contribution in [0.2, 0.25) is 0 Å². The van der Waals surface area contributed by atoms with E-state index in [-0.39, 0.29) is 10.7 Å². The summed E-state index contributed by atoms with van der Waals surface area (Å²) in [4.78, 5) is 2.22. The van der Waals surface area contributed by atoms with Gasteiger partial charge in [0.15, 0.2) is 10.7 Å². The van der Waals surface area contributed by atoms with Crippen LogP contribution in [-0.4, -0.2) is 44.3 Å². The zero-order valence-electron chi connectivity index (χ0n) is 13.5. The highest BCUT2D eigenvalue weighted by molar-refractivity contribution is 7.89. The van der Waals surface area contributed by atoms with Gasteiger partial charge in [-0.3, -0.25) is 0 Å². The zero-order valence-corrected chi connectivity index (χ0v) is 15.1. The Morgan fingerprint density at radius 3 is 2.24 bits per heavy atom. The van der Waals surface area contributed by atoms with Crippen LogP contribution in [0.1, 0.15) is 33.6 Å². The highest BCUT2D eigenvalue weighted by atomic mass is 32.2. The Morgan fingerprint density at radius 2 is 1.81 bits per heavy atom. The third-order valence-corrected chi connectivity index (χ3v) is 6.63. The quantitative estimate of drug-likeness (QED) is 0.788. The van der Waals surface area contributed by atoms with Crippen molar-refractivity contribution < 1.29 is 8.42 Å². The predicted molar refractivity (Wildman–Crippen MR) is 89.4 cm³/mol. The van der Waals surface area contributed by atoms with Crippen LogP contribution in [0, 0.1) is 5.92 Å². The average Bonchev–Trinajstić information content (AvgIpc) is 2.82. The van der Waals surface area contributed by atoms with Gasteiger partial charge in [-0.25, -0.2) is 12.7 Å². The number of nitrogens with zero attached hydrogens (tertiary/aromatic N) is 3. The summed E-state index contributed by atoms with van der Waals surface area (Å²) in [5.74, 6) is 0.620. The van der Waals surface area contributed by atoms with Gasteiger partial charge in [-0.15, -0.1) is 0 Å². The van der Waals surface area contributed by atoms with Crippen molar-refractivity contribution in [3.05, 3.63) is 0 Å². The fourth-order valence-corrected chi connectivity index (χ4v) is 4.42. The number of anilines is 2. The summed E-state index contributed by atoms with van der Waals surface area (Å²) in [6.07, 6.45) is 2.13. The molecular weight excluding hydrogens is 308 g/mol. The van der Waals surface area contributed by atoms with Gasteiger partial charge in [0.2, 0.25) is 10.0 Å². The predicted octanol–water partition coefficient (Wildman–Crippen LogP) is 2.24. The molecule has 0 atom stereocenters. The summed E-state index contributed by atoms with van der Waals surface area (Å²) in [5.41, 5.74) is 5.82. The molecule has 1 aromatic rings. The molecule has 1 heterocycles. The van der Waals surface area contributed by atoms with Gasteiger partial charge in [-0.1, -0.05) is 26.7 Å². The second-order valence-electron chi connectivity index (χ2n) is 5.21. The lowest BCUT2D eigenvalue weighted by Crippen LogP contribution is -2.31. The van der Waals surface area contributed by atoms with E-state index < -0.39 is 10.0 Å². The molecule has 8 heteroatoms. The summed E-state index contributed by atoms with van der Waals surface area (Å²) < 4.78 is 30.2. The highest BCUT2D eigenvalue weighted by Crippen LogP contribution is 2.36. The van der Waals surface area contributed by atoms with E-state index >= 15 is 0 Å². The Morgan fingerprint density at radius 1 is 1.24 bits per heavy atom. The molecule has 21 heavy (non-hydrogen) atoms. The molecule has 0 fully saturated rings. The highest BCUT2D eigenvalue weighted by Gasteiger charge is 2.30. The maximum atomic E-state index is 12.5. The number of hydrogen-bond acceptors (Lipinski definition) is 6. The van der Waals surface area contributed by atoms with Crippen molar-refractivity contribution >= 4 is 32.4 Å². The second-order valence-corrected chi connectivity index (χ2v) is 8.05. The molecule has 122 valence electrons. The maximum absolute atomic E-state index is 12.5. The van der Waals surface area contributed by atoms with Crippen LogP contribution in [0.25, 0.3) is 0 Å². The summed E-state index contributed by atoms with van der Waals surface area (Å²) >= 11 is 1.16. The molecule has 0 aromatic carbocycles. The zero-order chi connectivity index (χ0) is 16.2. The minimum absolute atomic E-state index is 0.0895. The molecule has 6 nitrogen and oxygen atoms in total. The van der Waals surface area contributed by atoms with Gasteiger partial charge in [0.25, 0.3) is 0 Å². The Bertz CT molecular complexity index is 551.